The van der Waals surface area contributed by atoms with Crippen LogP contribution in [0.4, 0.5) is 11.6 Å². The highest BCUT2D eigenvalue weighted by molar-refractivity contribution is 5.93. The molecule has 0 amide bonds. The zero-order valence-corrected chi connectivity index (χ0v) is 18.0. The van der Waals surface area contributed by atoms with Crippen molar-refractivity contribution in [1.29, 1.82) is 0 Å². The summed E-state index contributed by atoms with van der Waals surface area (Å²) in [5.74, 6) is 0.398. The van der Waals surface area contributed by atoms with Crippen molar-refractivity contribution in [3.8, 4) is 11.4 Å². The lowest BCUT2D eigenvalue weighted by Gasteiger charge is -2.32. The molecule has 33 heavy (non-hydrogen) atoms. The molecule has 0 radical (unpaired) electrons. The molecular weight excluding hydrogens is 424 g/mol. The van der Waals surface area contributed by atoms with Gasteiger partial charge in [0, 0.05) is 24.5 Å². The number of esters is 1. The Balaban J connectivity index is 1.72. The van der Waals surface area contributed by atoms with Crippen LogP contribution in [0.15, 0.2) is 48.5 Å². The number of carbonyl (C=O) groups excluding carboxylic acids is 1. The third kappa shape index (κ3) is 3.63. The van der Waals surface area contributed by atoms with E-state index in [1.165, 1.54) is 6.07 Å². The first-order valence-electron chi connectivity index (χ1n) is 10.9. The maximum absolute atomic E-state index is 12.4. The highest BCUT2D eigenvalue weighted by Crippen LogP contribution is 2.34. The van der Waals surface area contributed by atoms with E-state index < -0.39 is 4.92 Å². The zero-order valence-electron chi connectivity index (χ0n) is 18.0. The van der Waals surface area contributed by atoms with Crippen LogP contribution in [-0.4, -0.2) is 50.2 Å². The van der Waals surface area contributed by atoms with Crippen LogP contribution in [0, 0.1) is 16.0 Å². The number of para-hydroxylation sites is 2. The predicted molar refractivity (Wildman–Crippen MR) is 122 cm³/mol. The molecule has 2 aromatic heterocycles. The monoisotopic (exact) mass is 446 g/mol. The van der Waals surface area contributed by atoms with Crippen LogP contribution in [0.3, 0.4) is 0 Å². The smallest absolute Gasteiger partial charge is 0.310 e. The van der Waals surface area contributed by atoms with Crippen LogP contribution < -0.4 is 4.90 Å². The SMILES string of the molecule is CCOC(=O)C1CCCN(c2nc3ccccc3c3nnc(-c4ccccc4[N+](=O)[O-])n23)C1. The molecule has 1 atom stereocenters. The summed E-state index contributed by atoms with van der Waals surface area (Å²) in [5.41, 5.74) is 1.59. The average molecular weight is 446 g/mol. The molecule has 1 fully saturated rings. The molecule has 10 nitrogen and oxygen atoms in total. The molecule has 1 aliphatic rings. The zero-order chi connectivity index (χ0) is 22.9. The molecule has 1 saturated heterocycles. The molecule has 5 rings (SSSR count). The number of aromatic nitrogens is 4. The maximum atomic E-state index is 12.4. The van der Waals surface area contributed by atoms with Gasteiger partial charge in [-0.1, -0.05) is 24.3 Å². The van der Waals surface area contributed by atoms with Gasteiger partial charge >= 0.3 is 5.97 Å². The first kappa shape index (κ1) is 20.8. The van der Waals surface area contributed by atoms with Gasteiger partial charge in [-0.05, 0) is 38.0 Å². The van der Waals surface area contributed by atoms with E-state index in [2.05, 4.69) is 10.2 Å². The molecule has 0 spiro atoms. The number of carbonyl (C=O) groups is 1. The van der Waals surface area contributed by atoms with E-state index in [0.717, 1.165) is 23.7 Å². The second kappa shape index (κ2) is 8.45. The lowest BCUT2D eigenvalue weighted by molar-refractivity contribution is -0.384. The van der Waals surface area contributed by atoms with Crippen LogP contribution in [0.5, 0.6) is 0 Å². The number of anilines is 1. The Bertz CT molecular complexity index is 1370. The van der Waals surface area contributed by atoms with Crippen LogP contribution in [-0.2, 0) is 9.53 Å². The molecule has 4 aromatic rings. The van der Waals surface area contributed by atoms with Gasteiger partial charge in [-0.3, -0.25) is 14.9 Å². The summed E-state index contributed by atoms with van der Waals surface area (Å²) in [6.07, 6.45) is 1.54. The normalized spacial score (nSPS) is 16.3. The summed E-state index contributed by atoms with van der Waals surface area (Å²) in [5, 5.41) is 21.2. The van der Waals surface area contributed by atoms with Gasteiger partial charge in [0.25, 0.3) is 5.69 Å². The van der Waals surface area contributed by atoms with Crippen LogP contribution in [0.2, 0.25) is 0 Å². The average Bonchev–Trinajstić information content (AvgIpc) is 3.29. The minimum absolute atomic E-state index is 0.0612. The van der Waals surface area contributed by atoms with Crippen LogP contribution >= 0.6 is 0 Å². The van der Waals surface area contributed by atoms with Crippen molar-refractivity contribution in [3.05, 3.63) is 58.6 Å². The first-order valence-corrected chi connectivity index (χ1v) is 10.9. The number of nitro benzene ring substituents is 1. The molecule has 0 bridgehead atoms. The Hall–Kier alpha value is -4.08. The van der Waals surface area contributed by atoms with Crippen molar-refractivity contribution in [1.82, 2.24) is 19.6 Å². The Morgan fingerprint density at radius 1 is 1.18 bits per heavy atom. The lowest BCUT2D eigenvalue weighted by atomic mass is 9.98. The Kier molecular flexibility index (Phi) is 5.33. The molecule has 2 aromatic carbocycles. The van der Waals surface area contributed by atoms with Crippen molar-refractivity contribution in [2.75, 3.05) is 24.6 Å². The second-order valence-electron chi connectivity index (χ2n) is 7.92. The number of hydrogen-bond acceptors (Lipinski definition) is 8. The van der Waals surface area contributed by atoms with E-state index in [9.17, 15) is 14.9 Å². The second-order valence-corrected chi connectivity index (χ2v) is 7.92. The molecule has 3 heterocycles. The van der Waals surface area contributed by atoms with E-state index in [0.29, 0.717) is 42.7 Å². The van der Waals surface area contributed by atoms with E-state index >= 15 is 0 Å². The molecule has 0 aliphatic carbocycles. The van der Waals surface area contributed by atoms with Gasteiger partial charge in [0.2, 0.25) is 5.95 Å². The Morgan fingerprint density at radius 3 is 2.79 bits per heavy atom. The number of fused-ring (bicyclic) bond motifs is 3. The van der Waals surface area contributed by atoms with Gasteiger partial charge in [-0.15, -0.1) is 10.2 Å². The Morgan fingerprint density at radius 2 is 1.97 bits per heavy atom. The third-order valence-corrected chi connectivity index (χ3v) is 5.89. The number of piperidine rings is 1. The standard InChI is InChI=1S/C23H22N6O4/c1-2-33-22(30)15-8-7-13-27(14-15)23-24-18-11-5-3-9-16(18)20-25-26-21(28(20)23)17-10-4-6-12-19(17)29(31)32/h3-6,9-12,15H,2,7-8,13-14H2,1H3. The highest BCUT2D eigenvalue weighted by Gasteiger charge is 2.31. The number of ether oxygens (including phenoxy) is 1. The van der Waals surface area contributed by atoms with Crippen molar-refractivity contribution in [3.63, 3.8) is 0 Å². The number of nitrogens with zero attached hydrogens (tertiary/aromatic N) is 6. The molecule has 0 saturated carbocycles. The predicted octanol–water partition coefficient (Wildman–Crippen LogP) is 3.63. The lowest BCUT2D eigenvalue weighted by Crippen LogP contribution is -2.40. The van der Waals surface area contributed by atoms with E-state index in [4.69, 9.17) is 9.72 Å². The van der Waals surface area contributed by atoms with Crippen molar-refractivity contribution in [2.45, 2.75) is 19.8 Å². The quantitative estimate of drug-likeness (QED) is 0.259. The van der Waals surface area contributed by atoms with Gasteiger partial charge in [-0.25, -0.2) is 9.38 Å². The van der Waals surface area contributed by atoms with Gasteiger partial charge in [0.1, 0.15) is 0 Å². The first-order chi connectivity index (χ1) is 16.1. The van der Waals surface area contributed by atoms with Gasteiger partial charge < -0.3 is 9.64 Å². The third-order valence-electron chi connectivity index (χ3n) is 5.89. The van der Waals surface area contributed by atoms with Gasteiger partial charge in [0.05, 0.1) is 28.5 Å². The fourth-order valence-corrected chi connectivity index (χ4v) is 4.39. The van der Waals surface area contributed by atoms with E-state index in [-0.39, 0.29) is 17.6 Å². The maximum Gasteiger partial charge on any atom is 0.310 e. The summed E-state index contributed by atoms with van der Waals surface area (Å²) in [7, 11) is 0. The van der Waals surface area contributed by atoms with Crippen molar-refractivity contribution < 1.29 is 14.5 Å². The minimum atomic E-state index is -0.428. The van der Waals surface area contributed by atoms with Crippen LogP contribution in [0.25, 0.3) is 27.9 Å². The van der Waals surface area contributed by atoms with Gasteiger partial charge in [-0.2, -0.15) is 0 Å². The molecule has 10 heteroatoms. The summed E-state index contributed by atoms with van der Waals surface area (Å²) >= 11 is 0. The molecule has 0 N–H and O–H groups in total. The van der Waals surface area contributed by atoms with E-state index in [1.54, 1.807) is 29.5 Å². The molecular formula is C23H22N6O4. The fourth-order valence-electron chi connectivity index (χ4n) is 4.39. The number of rotatable bonds is 5. The number of benzene rings is 2. The van der Waals surface area contributed by atoms with E-state index in [1.807, 2.05) is 29.2 Å². The van der Waals surface area contributed by atoms with Crippen LogP contribution in [0.1, 0.15) is 19.8 Å². The Labute approximate surface area is 189 Å². The number of hydrogen-bond donors (Lipinski definition) is 0. The van der Waals surface area contributed by atoms with Gasteiger partial charge in [0.15, 0.2) is 11.5 Å². The fraction of sp³-hybridized carbons (Fsp3) is 0.304. The van der Waals surface area contributed by atoms with Crippen molar-refractivity contribution in [2.24, 2.45) is 5.92 Å². The molecule has 1 aliphatic heterocycles. The molecule has 168 valence electrons. The summed E-state index contributed by atoms with van der Waals surface area (Å²) < 4.78 is 7.01. The minimum Gasteiger partial charge on any atom is -0.466 e. The largest absolute Gasteiger partial charge is 0.466 e. The molecule has 1 unspecified atom stereocenters. The summed E-state index contributed by atoms with van der Waals surface area (Å²) in [6, 6.07) is 14.0. The topological polar surface area (TPSA) is 116 Å². The summed E-state index contributed by atoms with van der Waals surface area (Å²) in [6.45, 7) is 3.25. The van der Waals surface area contributed by atoms with Crippen molar-refractivity contribution >= 4 is 34.2 Å². The summed E-state index contributed by atoms with van der Waals surface area (Å²) in [4.78, 5) is 30.6. The highest BCUT2D eigenvalue weighted by atomic mass is 16.6. The number of nitro groups is 1.